The summed E-state index contributed by atoms with van der Waals surface area (Å²) >= 11 is 0. The molecule has 0 aromatic heterocycles. The molecular weight excluding hydrogens is 239 g/mol. The van der Waals surface area contributed by atoms with Crippen LogP contribution in [0.25, 0.3) is 0 Å². The highest BCUT2D eigenvalue weighted by atomic mass is 19.4. The molecule has 0 amide bonds. The number of rotatable bonds is 2. The third kappa shape index (κ3) is 3.03. The number of alkyl halides is 3. The van der Waals surface area contributed by atoms with Crippen LogP contribution < -0.4 is 5.32 Å². The molecule has 0 aliphatic carbocycles. The summed E-state index contributed by atoms with van der Waals surface area (Å²) in [5.41, 5.74) is 1.13. The van der Waals surface area contributed by atoms with Crippen molar-refractivity contribution in [1.82, 2.24) is 0 Å². The van der Waals surface area contributed by atoms with Crippen LogP contribution in [0.15, 0.2) is 48.5 Å². The zero-order chi connectivity index (χ0) is 13.2. The molecule has 0 unspecified atom stereocenters. The summed E-state index contributed by atoms with van der Waals surface area (Å²) in [6.45, 7) is 1.64. The van der Waals surface area contributed by atoms with Crippen molar-refractivity contribution in [3.05, 3.63) is 59.7 Å². The second-order valence-electron chi connectivity index (χ2n) is 4.08. The van der Waals surface area contributed by atoms with Crippen LogP contribution in [0.5, 0.6) is 0 Å². The molecule has 0 saturated carbocycles. The van der Waals surface area contributed by atoms with Crippen LogP contribution in [0, 0.1) is 6.92 Å². The highest BCUT2D eigenvalue weighted by Crippen LogP contribution is 2.32. The van der Waals surface area contributed by atoms with Gasteiger partial charge >= 0.3 is 6.18 Å². The van der Waals surface area contributed by atoms with Crippen molar-refractivity contribution in [2.45, 2.75) is 13.1 Å². The summed E-state index contributed by atoms with van der Waals surface area (Å²) < 4.78 is 38.0. The molecule has 0 radical (unpaired) electrons. The lowest BCUT2D eigenvalue weighted by Crippen LogP contribution is -2.06. The zero-order valence-corrected chi connectivity index (χ0v) is 9.75. The topological polar surface area (TPSA) is 12.0 Å². The fraction of sp³-hybridized carbons (Fsp3) is 0.143. The fourth-order valence-electron chi connectivity index (χ4n) is 1.71. The molecule has 94 valence electrons. The molecule has 0 aliphatic heterocycles. The van der Waals surface area contributed by atoms with E-state index in [2.05, 4.69) is 5.32 Å². The van der Waals surface area contributed by atoms with Crippen molar-refractivity contribution < 1.29 is 13.2 Å². The number of anilines is 2. The van der Waals surface area contributed by atoms with Crippen molar-refractivity contribution in [3.8, 4) is 0 Å². The van der Waals surface area contributed by atoms with Gasteiger partial charge in [0.1, 0.15) is 0 Å². The second kappa shape index (κ2) is 4.72. The molecule has 0 fully saturated rings. The quantitative estimate of drug-likeness (QED) is 0.811. The van der Waals surface area contributed by atoms with E-state index in [4.69, 9.17) is 0 Å². The van der Waals surface area contributed by atoms with E-state index in [9.17, 15) is 13.2 Å². The van der Waals surface area contributed by atoms with Gasteiger partial charge in [0.05, 0.1) is 5.56 Å². The van der Waals surface area contributed by atoms with E-state index in [1.165, 1.54) is 0 Å². The molecule has 1 nitrogen and oxygen atoms in total. The summed E-state index contributed by atoms with van der Waals surface area (Å²) in [5.74, 6) is 0. The maximum atomic E-state index is 12.7. The molecule has 0 heterocycles. The zero-order valence-electron chi connectivity index (χ0n) is 9.75. The summed E-state index contributed by atoms with van der Waals surface area (Å²) in [4.78, 5) is 0. The van der Waals surface area contributed by atoms with Crippen LogP contribution in [0.3, 0.4) is 0 Å². The molecule has 2 aromatic carbocycles. The smallest absolute Gasteiger partial charge is 0.356 e. The predicted molar refractivity (Wildman–Crippen MR) is 65.9 cm³/mol. The van der Waals surface area contributed by atoms with Gasteiger partial charge in [0.15, 0.2) is 0 Å². The van der Waals surface area contributed by atoms with E-state index in [0.717, 1.165) is 17.8 Å². The number of hydrogen-bond acceptors (Lipinski definition) is 1. The van der Waals surface area contributed by atoms with Crippen LogP contribution >= 0.6 is 0 Å². The normalized spacial score (nSPS) is 11.3. The predicted octanol–water partition coefficient (Wildman–Crippen LogP) is 4.76. The Bertz CT molecular complexity index is 532. The monoisotopic (exact) mass is 251 g/mol. The van der Waals surface area contributed by atoms with Gasteiger partial charge < -0.3 is 5.32 Å². The van der Waals surface area contributed by atoms with E-state index in [0.29, 0.717) is 11.3 Å². The Morgan fingerprint density at radius 2 is 1.56 bits per heavy atom. The molecule has 0 saturated heterocycles. The Hall–Kier alpha value is -1.97. The number of nitrogens with one attached hydrogen (secondary N) is 1. The Morgan fingerprint density at radius 1 is 0.889 bits per heavy atom. The fourth-order valence-corrected chi connectivity index (χ4v) is 1.71. The molecular formula is C14H12F3N. The summed E-state index contributed by atoms with van der Waals surface area (Å²) in [7, 11) is 0. The molecule has 2 aromatic rings. The van der Waals surface area contributed by atoms with E-state index < -0.39 is 11.7 Å². The first-order valence-corrected chi connectivity index (χ1v) is 5.46. The van der Waals surface area contributed by atoms with Crippen LogP contribution in [-0.2, 0) is 6.18 Å². The van der Waals surface area contributed by atoms with E-state index in [1.54, 1.807) is 25.1 Å². The summed E-state index contributed by atoms with van der Waals surface area (Å²) in [6, 6.07) is 13.0. The van der Waals surface area contributed by atoms with Crippen molar-refractivity contribution >= 4 is 11.4 Å². The van der Waals surface area contributed by atoms with Crippen LogP contribution in [0.4, 0.5) is 24.5 Å². The molecule has 0 bridgehead atoms. The third-order valence-electron chi connectivity index (χ3n) is 2.47. The van der Waals surface area contributed by atoms with Crippen molar-refractivity contribution in [2.75, 3.05) is 5.32 Å². The number of aryl methyl sites for hydroxylation is 1. The van der Waals surface area contributed by atoms with Crippen LogP contribution in [0.1, 0.15) is 11.1 Å². The Labute approximate surface area is 103 Å². The van der Waals surface area contributed by atoms with Crippen molar-refractivity contribution in [1.29, 1.82) is 0 Å². The second-order valence-corrected chi connectivity index (χ2v) is 4.08. The number of halogens is 3. The number of para-hydroxylation sites is 1. The van der Waals surface area contributed by atoms with Gasteiger partial charge in [0, 0.05) is 11.4 Å². The van der Waals surface area contributed by atoms with E-state index in [-0.39, 0.29) is 0 Å². The van der Waals surface area contributed by atoms with Gasteiger partial charge in [-0.1, -0.05) is 18.2 Å². The SMILES string of the molecule is Cc1cc(Nc2ccccc2)cc(C(F)(F)F)c1. The molecule has 18 heavy (non-hydrogen) atoms. The van der Waals surface area contributed by atoms with Gasteiger partial charge in [-0.15, -0.1) is 0 Å². The third-order valence-corrected chi connectivity index (χ3v) is 2.47. The van der Waals surface area contributed by atoms with Crippen LogP contribution in [0.2, 0.25) is 0 Å². The lowest BCUT2D eigenvalue weighted by Gasteiger charge is -2.12. The lowest BCUT2D eigenvalue weighted by molar-refractivity contribution is -0.137. The van der Waals surface area contributed by atoms with Gasteiger partial charge in [0.2, 0.25) is 0 Å². The lowest BCUT2D eigenvalue weighted by atomic mass is 10.1. The maximum Gasteiger partial charge on any atom is 0.416 e. The molecule has 0 aliphatic rings. The first kappa shape index (κ1) is 12.5. The van der Waals surface area contributed by atoms with Gasteiger partial charge in [-0.2, -0.15) is 13.2 Å². The number of benzene rings is 2. The molecule has 0 spiro atoms. The Kier molecular flexibility index (Phi) is 3.28. The van der Waals surface area contributed by atoms with Gasteiger partial charge in [-0.25, -0.2) is 0 Å². The van der Waals surface area contributed by atoms with E-state index in [1.807, 2.05) is 18.2 Å². The first-order chi connectivity index (χ1) is 8.45. The summed E-state index contributed by atoms with van der Waals surface area (Å²) in [6.07, 6.45) is -4.32. The highest BCUT2D eigenvalue weighted by Gasteiger charge is 2.30. The molecule has 4 heteroatoms. The van der Waals surface area contributed by atoms with Crippen LogP contribution in [-0.4, -0.2) is 0 Å². The molecule has 1 N–H and O–H groups in total. The minimum atomic E-state index is -4.32. The average Bonchev–Trinajstić information content (AvgIpc) is 2.28. The molecule has 0 atom stereocenters. The highest BCUT2D eigenvalue weighted by molar-refractivity contribution is 5.61. The average molecular weight is 251 g/mol. The Morgan fingerprint density at radius 3 is 2.17 bits per heavy atom. The van der Waals surface area contributed by atoms with Gasteiger partial charge in [0.25, 0.3) is 0 Å². The van der Waals surface area contributed by atoms with Crippen molar-refractivity contribution in [2.24, 2.45) is 0 Å². The van der Waals surface area contributed by atoms with E-state index >= 15 is 0 Å². The Balaban J connectivity index is 2.32. The van der Waals surface area contributed by atoms with Gasteiger partial charge in [-0.3, -0.25) is 0 Å². The summed E-state index contributed by atoms with van der Waals surface area (Å²) in [5, 5.41) is 2.96. The first-order valence-electron chi connectivity index (χ1n) is 5.46. The minimum Gasteiger partial charge on any atom is -0.356 e. The van der Waals surface area contributed by atoms with Crippen molar-refractivity contribution in [3.63, 3.8) is 0 Å². The maximum absolute atomic E-state index is 12.7. The van der Waals surface area contributed by atoms with Gasteiger partial charge in [-0.05, 0) is 42.8 Å². The largest absolute Gasteiger partial charge is 0.416 e. The standard InChI is InChI=1S/C14H12F3N/c1-10-7-11(14(15,16)17)9-13(8-10)18-12-5-3-2-4-6-12/h2-9,18H,1H3. The number of hydrogen-bond donors (Lipinski definition) is 1. The minimum absolute atomic E-state index is 0.438. The molecule has 2 rings (SSSR count).